The summed E-state index contributed by atoms with van der Waals surface area (Å²) in [6.45, 7) is 1.53. The Morgan fingerprint density at radius 1 is 0.889 bits per heavy atom. The van der Waals surface area contributed by atoms with Crippen LogP contribution in [0.5, 0.6) is 0 Å². The van der Waals surface area contributed by atoms with Gasteiger partial charge in [0, 0.05) is 6.04 Å². The summed E-state index contributed by atoms with van der Waals surface area (Å²) >= 11 is 0. The number of carbonyl (C=O) groups is 1. The molecule has 0 aromatic carbocycles. The van der Waals surface area contributed by atoms with Crippen LogP contribution in [0.25, 0.3) is 0 Å². The van der Waals surface area contributed by atoms with Gasteiger partial charge in [-0.3, -0.25) is 4.79 Å². The van der Waals surface area contributed by atoms with E-state index < -0.39 is 0 Å². The fourth-order valence-electron chi connectivity index (χ4n) is 3.31. The van der Waals surface area contributed by atoms with Crippen LogP contribution in [0, 0.1) is 5.92 Å². The lowest BCUT2D eigenvalue weighted by Crippen LogP contribution is -2.41. The van der Waals surface area contributed by atoms with E-state index in [1.807, 2.05) is 0 Å². The van der Waals surface area contributed by atoms with Crippen molar-refractivity contribution in [3.05, 3.63) is 0 Å². The van der Waals surface area contributed by atoms with Crippen LogP contribution in [0.15, 0.2) is 0 Å². The van der Waals surface area contributed by atoms with Crippen LogP contribution < -0.4 is 10.6 Å². The van der Waals surface area contributed by atoms with Gasteiger partial charge in [0.2, 0.25) is 5.91 Å². The highest BCUT2D eigenvalue weighted by molar-refractivity contribution is 5.78. The predicted molar refractivity (Wildman–Crippen MR) is 74.5 cm³/mol. The van der Waals surface area contributed by atoms with Gasteiger partial charge in [-0.15, -0.1) is 0 Å². The Balaban J connectivity index is 1.56. The first kappa shape index (κ1) is 13.9. The molecule has 0 aromatic rings. The summed E-state index contributed by atoms with van der Waals surface area (Å²) in [7, 11) is 0. The molecule has 0 spiro atoms. The molecule has 0 radical (unpaired) electrons. The summed E-state index contributed by atoms with van der Waals surface area (Å²) in [6, 6.07) is 0.438. The van der Waals surface area contributed by atoms with Crippen molar-refractivity contribution in [1.29, 1.82) is 0 Å². The zero-order chi connectivity index (χ0) is 12.6. The van der Waals surface area contributed by atoms with Gasteiger partial charge in [0.15, 0.2) is 0 Å². The molecule has 0 bridgehead atoms. The first-order valence-electron chi connectivity index (χ1n) is 7.84. The molecule has 2 aliphatic carbocycles. The van der Waals surface area contributed by atoms with Crippen molar-refractivity contribution in [2.75, 3.05) is 13.1 Å². The average molecular weight is 252 g/mol. The van der Waals surface area contributed by atoms with Crippen LogP contribution in [-0.4, -0.2) is 25.0 Å². The molecule has 0 unspecified atom stereocenters. The van der Waals surface area contributed by atoms with Gasteiger partial charge in [0.05, 0.1) is 6.54 Å². The SMILES string of the molecule is O=C(CNCC1CCCC1)NC1CCCCCC1. The second-order valence-electron chi connectivity index (χ2n) is 6.04. The largest absolute Gasteiger partial charge is 0.352 e. The van der Waals surface area contributed by atoms with Gasteiger partial charge in [-0.25, -0.2) is 0 Å². The van der Waals surface area contributed by atoms with E-state index in [4.69, 9.17) is 0 Å². The van der Waals surface area contributed by atoms with E-state index in [1.54, 1.807) is 0 Å². The molecule has 18 heavy (non-hydrogen) atoms. The third kappa shape index (κ3) is 4.97. The lowest BCUT2D eigenvalue weighted by molar-refractivity contribution is -0.121. The predicted octanol–water partition coefficient (Wildman–Crippen LogP) is 2.61. The molecular weight excluding hydrogens is 224 g/mol. The van der Waals surface area contributed by atoms with Crippen LogP contribution >= 0.6 is 0 Å². The van der Waals surface area contributed by atoms with Crippen molar-refractivity contribution < 1.29 is 4.79 Å². The average Bonchev–Trinajstić information content (AvgIpc) is 2.74. The Bertz CT molecular complexity index is 241. The minimum atomic E-state index is 0.194. The number of nitrogens with one attached hydrogen (secondary N) is 2. The van der Waals surface area contributed by atoms with E-state index >= 15 is 0 Å². The van der Waals surface area contributed by atoms with E-state index in [0.29, 0.717) is 12.6 Å². The van der Waals surface area contributed by atoms with Crippen LogP contribution in [0.2, 0.25) is 0 Å². The molecule has 2 saturated carbocycles. The summed E-state index contributed by atoms with van der Waals surface area (Å²) < 4.78 is 0. The summed E-state index contributed by atoms with van der Waals surface area (Å²) in [5.41, 5.74) is 0. The minimum Gasteiger partial charge on any atom is -0.352 e. The van der Waals surface area contributed by atoms with Gasteiger partial charge in [-0.1, -0.05) is 38.5 Å². The molecule has 0 saturated heterocycles. The molecule has 0 aromatic heterocycles. The van der Waals surface area contributed by atoms with Crippen molar-refractivity contribution in [1.82, 2.24) is 10.6 Å². The van der Waals surface area contributed by atoms with Crippen LogP contribution in [0.3, 0.4) is 0 Å². The van der Waals surface area contributed by atoms with Crippen LogP contribution in [-0.2, 0) is 4.79 Å². The monoisotopic (exact) mass is 252 g/mol. The topological polar surface area (TPSA) is 41.1 Å². The van der Waals surface area contributed by atoms with Gasteiger partial charge in [-0.2, -0.15) is 0 Å². The molecule has 2 rings (SSSR count). The molecule has 1 amide bonds. The zero-order valence-corrected chi connectivity index (χ0v) is 11.5. The summed E-state index contributed by atoms with van der Waals surface area (Å²) in [5.74, 6) is 1.01. The molecule has 104 valence electrons. The molecule has 2 aliphatic rings. The molecule has 3 nitrogen and oxygen atoms in total. The first-order valence-corrected chi connectivity index (χ1v) is 7.84. The lowest BCUT2D eigenvalue weighted by atomic mass is 10.1. The number of amides is 1. The quantitative estimate of drug-likeness (QED) is 0.738. The highest BCUT2D eigenvalue weighted by Gasteiger charge is 2.16. The highest BCUT2D eigenvalue weighted by Crippen LogP contribution is 2.23. The maximum absolute atomic E-state index is 11.8. The van der Waals surface area contributed by atoms with E-state index in [2.05, 4.69) is 10.6 Å². The number of carbonyl (C=O) groups excluding carboxylic acids is 1. The third-order valence-corrected chi connectivity index (χ3v) is 4.41. The van der Waals surface area contributed by atoms with Crippen LogP contribution in [0.1, 0.15) is 64.2 Å². The normalized spacial score (nSPS) is 22.9. The standard InChI is InChI=1S/C15H28N2O/c18-15(12-16-11-13-7-5-6-8-13)17-14-9-3-1-2-4-10-14/h13-14,16H,1-12H2,(H,17,18). The summed E-state index contributed by atoms with van der Waals surface area (Å²) in [6.07, 6.45) is 13.0. The Morgan fingerprint density at radius 3 is 2.17 bits per heavy atom. The van der Waals surface area contributed by atoms with E-state index in [9.17, 15) is 4.79 Å². The fourth-order valence-corrected chi connectivity index (χ4v) is 3.31. The molecule has 0 aliphatic heterocycles. The maximum Gasteiger partial charge on any atom is 0.234 e. The second kappa shape index (κ2) is 7.78. The van der Waals surface area contributed by atoms with E-state index in [0.717, 1.165) is 12.5 Å². The Kier molecular flexibility index (Phi) is 5.98. The van der Waals surface area contributed by atoms with Crippen LogP contribution in [0.4, 0.5) is 0 Å². The minimum absolute atomic E-state index is 0.194. The van der Waals surface area contributed by atoms with Crippen molar-refractivity contribution in [2.24, 2.45) is 5.92 Å². The van der Waals surface area contributed by atoms with Crippen molar-refractivity contribution in [3.8, 4) is 0 Å². The zero-order valence-electron chi connectivity index (χ0n) is 11.5. The van der Waals surface area contributed by atoms with Gasteiger partial charge in [-0.05, 0) is 38.1 Å². The third-order valence-electron chi connectivity index (χ3n) is 4.41. The molecule has 3 heteroatoms. The van der Waals surface area contributed by atoms with Crippen molar-refractivity contribution >= 4 is 5.91 Å². The van der Waals surface area contributed by atoms with E-state index in [1.165, 1.54) is 64.2 Å². The fraction of sp³-hybridized carbons (Fsp3) is 0.933. The second-order valence-corrected chi connectivity index (χ2v) is 6.04. The Labute approximate surface area is 111 Å². The van der Waals surface area contributed by atoms with E-state index in [-0.39, 0.29) is 5.91 Å². The molecule has 2 N–H and O–H groups in total. The Morgan fingerprint density at radius 2 is 1.50 bits per heavy atom. The summed E-state index contributed by atoms with van der Waals surface area (Å²) in [5, 5.41) is 6.50. The molecule has 0 atom stereocenters. The van der Waals surface area contributed by atoms with Gasteiger partial charge in [0.1, 0.15) is 0 Å². The van der Waals surface area contributed by atoms with Crippen molar-refractivity contribution in [3.63, 3.8) is 0 Å². The molecular formula is C15H28N2O. The first-order chi connectivity index (χ1) is 8.84. The van der Waals surface area contributed by atoms with Gasteiger partial charge in [0.25, 0.3) is 0 Å². The highest BCUT2D eigenvalue weighted by atomic mass is 16.1. The molecule has 0 heterocycles. The Hall–Kier alpha value is -0.570. The summed E-state index contributed by atoms with van der Waals surface area (Å²) in [4.78, 5) is 11.8. The van der Waals surface area contributed by atoms with Crippen molar-refractivity contribution in [2.45, 2.75) is 70.3 Å². The van der Waals surface area contributed by atoms with Gasteiger partial charge < -0.3 is 10.6 Å². The lowest BCUT2D eigenvalue weighted by Gasteiger charge is -2.17. The maximum atomic E-state index is 11.8. The number of rotatable bonds is 5. The number of hydrogen-bond acceptors (Lipinski definition) is 2. The smallest absolute Gasteiger partial charge is 0.234 e. The number of hydrogen-bond donors (Lipinski definition) is 2. The molecule has 2 fully saturated rings. The van der Waals surface area contributed by atoms with Gasteiger partial charge >= 0.3 is 0 Å².